The van der Waals surface area contributed by atoms with Crippen molar-refractivity contribution in [2.45, 2.75) is 46.0 Å². The first kappa shape index (κ1) is 24.1. The first-order chi connectivity index (χ1) is 16.2. The molecule has 2 atom stereocenters. The Morgan fingerprint density at radius 2 is 2.15 bits per heavy atom. The van der Waals surface area contributed by atoms with Gasteiger partial charge in [-0.2, -0.15) is 0 Å². The fourth-order valence-corrected chi connectivity index (χ4v) is 4.43. The summed E-state index contributed by atoms with van der Waals surface area (Å²) in [5, 5.41) is 12.6. The summed E-state index contributed by atoms with van der Waals surface area (Å²) in [7, 11) is 2.09. The van der Waals surface area contributed by atoms with Crippen LogP contribution in [0.15, 0.2) is 35.3 Å². The van der Waals surface area contributed by atoms with Crippen LogP contribution in [0.25, 0.3) is 22.4 Å². The summed E-state index contributed by atoms with van der Waals surface area (Å²) in [5.74, 6) is -0.112. The molecule has 0 saturated carbocycles. The molecule has 9 nitrogen and oxygen atoms in total. The number of pyridine rings is 1. The highest BCUT2D eigenvalue weighted by Crippen LogP contribution is 2.27. The molecule has 182 valence electrons. The summed E-state index contributed by atoms with van der Waals surface area (Å²) in [5.41, 5.74) is 4.10. The molecule has 9 heteroatoms. The van der Waals surface area contributed by atoms with Crippen molar-refractivity contribution in [1.82, 2.24) is 24.8 Å². The molecule has 0 spiro atoms. The normalized spacial score (nSPS) is 18.0. The van der Waals surface area contributed by atoms with Crippen molar-refractivity contribution < 1.29 is 14.6 Å². The minimum absolute atomic E-state index is 0.0239. The van der Waals surface area contributed by atoms with Gasteiger partial charge in [0.05, 0.1) is 30.3 Å². The third kappa shape index (κ3) is 5.22. The number of aliphatic carboxylic acids is 1. The maximum absolute atomic E-state index is 11.9. The molecule has 1 aliphatic rings. The number of aromatic nitrogens is 3. The fraction of sp³-hybridized carbons (Fsp3) is 0.480. The van der Waals surface area contributed by atoms with Gasteiger partial charge in [0, 0.05) is 37.0 Å². The molecule has 34 heavy (non-hydrogen) atoms. The number of hydrogen-bond acceptors (Lipinski definition) is 6. The number of aryl methyl sites for hydroxylation is 1. The summed E-state index contributed by atoms with van der Waals surface area (Å²) in [6, 6.07) is 7.26. The van der Waals surface area contributed by atoms with Crippen LogP contribution in [0.5, 0.6) is 0 Å². The number of rotatable bonds is 8. The number of carboxylic acids is 1. The highest BCUT2D eigenvalue weighted by Gasteiger charge is 2.23. The van der Waals surface area contributed by atoms with Gasteiger partial charge in [0.25, 0.3) is 5.56 Å². The Balaban J connectivity index is 1.70. The minimum Gasteiger partial charge on any atom is -0.480 e. The Bertz CT molecular complexity index is 1230. The Hall–Kier alpha value is -3.01. The lowest BCUT2D eigenvalue weighted by Crippen LogP contribution is -2.42. The zero-order chi connectivity index (χ0) is 24.4. The fourth-order valence-electron chi connectivity index (χ4n) is 4.43. The number of nitrogens with zero attached hydrogens (tertiary/aromatic N) is 3. The second-order valence-corrected chi connectivity index (χ2v) is 9.47. The van der Waals surface area contributed by atoms with Crippen LogP contribution in [-0.2, 0) is 22.6 Å². The lowest BCUT2D eigenvalue weighted by molar-refractivity contribution is -0.140. The van der Waals surface area contributed by atoms with E-state index in [0.717, 1.165) is 41.1 Å². The molecular weight excluding hydrogens is 434 g/mol. The van der Waals surface area contributed by atoms with Crippen LogP contribution in [0, 0.1) is 12.8 Å². The molecule has 1 aromatic carbocycles. The zero-order valence-corrected chi connectivity index (χ0v) is 20.2. The van der Waals surface area contributed by atoms with Crippen molar-refractivity contribution >= 4 is 17.0 Å². The Labute approximate surface area is 198 Å². The molecule has 4 rings (SSSR count). The Kier molecular flexibility index (Phi) is 7.16. The third-order valence-electron chi connectivity index (χ3n) is 6.35. The van der Waals surface area contributed by atoms with Crippen molar-refractivity contribution in [1.29, 1.82) is 0 Å². The van der Waals surface area contributed by atoms with Crippen LogP contribution in [0.1, 0.15) is 25.0 Å². The largest absolute Gasteiger partial charge is 0.480 e. The number of H-pyrrole nitrogens is 1. The van der Waals surface area contributed by atoms with Crippen molar-refractivity contribution in [2.24, 2.45) is 5.92 Å². The third-order valence-corrected chi connectivity index (χ3v) is 6.35. The minimum atomic E-state index is -0.853. The summed E-state index contributed by atoms with van der Waals surface area (Å²) in [6.45, 7) is 9.07. The quantitative estimate of drug-likeness (QED) is 0.466. The first-order valence-corrected chi connectivity index (χ1v) is 11.7. The van der Waals surface area contributed by atoms with E-state index in [2.05, 4.69) is 26.8 Å². The number of fused-ring (bicyclic) bond motifs is 1. The highest BCUT2D eigenvalue weighted by molar-refractivity contribution is 5.81. The lowest BCUT2D eigenvalue weighted by Gasteiger charge is -2.30. The summed E-state index contributed by atoms with van der Waals surface area (Å²) < 4.78 is 8.17. The van der Waals surface area contributed by atoms with Crippen LogP contribution in [0.2, 0.25) is 0 Å². The second kappa shape index (κ2) is 10.1. The van der Waals surface area contributed by atoms with Crippen molar-refractivity contribution in [3.63, 3.8) is 0 Å². The van der Waals surface area contributed by atoms with Gasteiger partial charge in [0.2, 0.25) is 0 Å². The average molecular weight is 468 g/mol. The lowest BCUT2D eigenvalue weighted by atomic mass is 10.0. The molecular formula is C25H33N5O4. The number of ether oxygens (including phenoxy) is 1. The van der Waals surface area contributed by atoms with E-state index in [1.54, 1.807) is 13.1 Å². The van der Waals surface area contributed by atoms with E-state index in [0.29, 0.717) is 25.3 Å². The predicted molar refractivity (Wildman–Crippen MR) is 131 cm³/mol. The van der Waals surface area contributed by atoms with Gasteiger partial charge in [-0.1, -0.05) is 19.9 Å². The van der Waals surface area contributed by atoms with E-state index in [4.69, 9.17) is 9.72 Å². The van der Waals surface area contributed by atoms with Gasteiger partial charge >= 0.3 is 5.97 Å². The Morgan fingerprint density at radius 3 is 2.82 bits per heavy atom. The predicted octanol–water partition coefficient (Wildman–Crippen LogP) is 2.23. The number of imidazole rings is 1. The first-order valence-electron chi connectivity index (χ1n) is 11.7. The van der Waals surface area contributed by atoms with E-state index < -0.39 is 12.0 Å². The van der Waals surface area contributed by atoms with Crippen LogP contribution < -0.4 is 10.9 Å². The van der Waals surface area contributed by atoms with Crippen LogP contribution in [0.4, 0.5) is 0 Å². The SMILES string of the molecule is Cc1cc(-c2nc3cc(CNC(C(=O)O)C(C)C)ccc3n2CC2CN(C)CCO2)c[nH]c1=O. The van der Waals surface area contributed by atoms with E-state index in [1.165, 1.54) is 0 Å². The van der Waals surface area contributed by atoms with Gasteiger partial charge in [-0.3, -0.25) is 9.59 Å². The molecule has 3 N–H and O–H groups in total. The zero-order valence-electron chi connectivity index (χ0n) is 20.2. The molecule has 1 fully saturated rings. The van der Waals surface area contributed by atoms with Gasteiger partial charge in [-0.05, 0) is 43.7 Å². The van der Waals surface area contributed by atoms with Crippen molar-refractivity contribution in [3.8, 4) is 11.4 Å². The molecule has 0 aliphatic carbocycles. The smallest absolute Gasteiger partial charge is 0.320 e. The average Bonchev–Trinajstić information content (AvgIpc) is 3.13. The van der Waals surface area contributed by atoms with Crippen LogP contribution in [0.3, 0.4) is 0 Å². The molecule has 0 bridgehead atoms. The second-order valence-electron chi connectivity index (χ2n) is 9.47. The number of nitrogens with one attached hydrogen (secondary N) is 2. The number of carbonyl (C=O) groups is 1. The standard InChI is InChI=1S/C25H33N5O4/c1-15(2)22(25(32)33)26-11-17-5-6-21-20(10-17)28-23(18-9-16(3)24(31)27-12-18)30(21)14-19-13-29(4)7-8-34-19/h5-6,9-10,12,15,19,22,26H,7-8,11,13-14H2,1-4H3,(H,27,31)(H,32,33). The molecule has 2 unspecified atom stereocenters. The van der Waals surface area contributed by atoms with E-state index in [9.17, 15) is 14.7 Å². The van der Waals surface area contributed by atoms with E-state index in [1.807, 2.05) is 38.1 Å². The summed E-state index contributed by atoms with van der Waals surface area (Å²) in [4.78, 5) is 33.4. The van der Waals surface area contributed by atoms with Gasteiger partial charge < -0.3 is 29.6 Å². The Morgan fingerprint density at radius 1 is 1.35 bits per heavy atom. The maximum Gasteiger partial charge on any atom is 0.320 e. The van der Waals surface area contributed by atoms with E-state index >= 15 is 0 Å². The topological polar surface area (TPSA) is 112 Å². The van der Waals surface area contributed by atoms with Crippen LogP contribution >= 0.6 is 0 Å². The molecule has 1 saturated heterocycles. The van der Waals surface area contributed by atoms with Gasteiger partial charge in [-0.15, -0.1) is 0 Å². The highest BCUT2D eigenvalue weighted by atomic mass is 16.5. The number of hydrogen-bond donors (Lipinski definition) is 3. The number of benzene rings is 1. The molecule has 0 amide bonds. The van der Waals surface area contributed by atoms with Crippen LogP contribution in [-0.4, -0.2) is 69.4 Å². The molecule has 3 aromatic rings. The number of carboxylic acid groups (broad SMARTS) is 1. The molecule has 3 heterocycles. The number of aromatic amines is 1. The van der Waals surface area contributed by atoms with Gasteiger partial charge in [-0.25, -0.2) is 4.98 Å². The summed E-state index contributed by atoms with van der Waals surface area (Å²) >= 11 is 0. The molecule has 2 aromatic heterocycles. The van der Waals surface area contributed by atoms with Gasteiger partial charge in [0.15, 0.2) is 0 Å². The summed E-state index contributed by atoms with van der Waals surface area (Å²) in [6.07, 6.45) is 1.73. The number of morpholine rings is 1. The van der Waals surface area contributed by atoms with Crippen molar-refractivity contribution in [2.75, 3.05) is 26.7 Å². The van der Waals surface area contributed by atoms with E-state index in [-0.39, 0.29) is 17.6 Å². The molecule has 0 radical (unpaired) electrons. The maximum atomic E-state index is 11.9. The monoisotopic (exact) mass is 467 g/mol. The van der Waals surface area contributed by atoms with Gasteiger partial charge in [0.1, 0.15) is 11.9 Å². The number of likely N-dealkylation sites (N-methyl/N-ethyl adjacent to an activating group) is 1. The van der Waals surface area contributed by atoms with Crippen molar-refractivity contribution in [3.05, 3.63) is 51.9 Å². The molecule has 1 aliphatic heterocycles.